The van der Waals surface area contributed by atoms with E-state index in [4.69, 9.17) is 0 Å². The van der Waals surface area contributed by atoms with Crippen molar-refractivity contribution in [3.63, 3.8) is 0 Å². The maximum absolute atomic E-state index is 12.2. The Hall–Kier alpha value is -1.79. The molecule has 112 valence electrons. The highest BCUT2D eigenvalue weighted by atomic mass is 32.1. The maximum Gasteiger partial charge on any atom is 0.263 e. The highest BCUT2D eigenvalue weighted by Gasteiger charge is 2.17. The van der Waals surface area contributed by atoms with Gasteiger partial charge in [-0.05, 0) is 24.5 Å². The Bertz CT molecular complexity index is 584. The van der Waals surface area contributed by atoms with Crippen LogP contribution in [0.2, 0.25) is 0 Å². The largest absolute Gasteiger partial charge is 0.394 e. The van der Waals surface area contributed by atoms with Gasteiger partial charge in [-0.3, -0.25) is 9.78 Å². The molecule has 2 rings (SSSR count). The number of aromatic nitrogens is 2. The first-order valence-corrected chi connectivity index (χ1v) is 7.70. The van der Waals surface area contributed by atoms with Crippen LogP contribution < -0.4 is 5.32 Å². The van der Waals surface area contributed by atoms with Crippen LogP contribution in [0.3, 0.4) is 0 Å². The highest BCUT2D eigenvalue weighted by Crippen LogP contribution is 2.23. The Kier molecular flexibility index (Phi) is 5.41. The molecule has 0 radical (unpaired) electrons. The van der Waals surface area contributed by atoms with Crippen molar-refractivity contribution in [2.24, 2.45) is 5.92 Å². The molecule has 1 unspecified atom stereocenters. The number of carbonyl (C=O) groups excluding carboxylic acids is 1. The lowest BCUT2D eigenvalue weighted by Gasteiger charge is -2.17. The van der Waals surface area contributed by atoms with Crippen LogP contribution in [0, 0.1) is 5.92 Å². The smallest absolute Gasteiger partial charge is 0.263 e. The van der Waals surface area contributed by atoms with Crippen molar-refractivity contribution in [2.45, 2.75) is 26.3 Å². The topological polar surface area (TPSA) is 75.1 Å². The lowest BCUT2D eigenvalue weighted by atomic mass is 10.0. The molecule has 2 aromatic rings. The molecule has 1 amide bonds. The van der Waals surface area contributed by atoms with Crippen LogP contribution in [-0.4, -0.2) is 33.6 Å². The Balaban J connectivity index is 2.05. The van der Waals surface area contributed by atoms with E-state index in [1.165, 1.54) is 11.3 Å². The van der Waals surface area contributed by atoms with E-state index in [1.807, 2.05) is 18.2 Å². The van der Waals surface area contributed by atoms with E-state index < -0.39 is 0 Å². The second kappa shape index (κ2) is 7.28. The molecule has 6 heteroatoms. The molecule has 0 saturated heterocycles. The third-order valence-corrected chi connectivity index (χ3v) is 3.94. The molecule has 0 spiro atoms. The molecule has 0 aliphatic rings. The zero-order chi connectivity index (χ0) is 15.2. The molecule has 2 N–H and O–H groups in total. The first kappa shape index (κ1) is 15.6. The van der Waals surface area contributed by atoms with E-state index in [0.29, 0.717) is 15.8 Å². The minimum atomic E-state index is -0.224. The minimum Gasteiger partial charge on any atom is -0.394 e. The predicted octanol–water partition coefficient (Wildman–Crippen LogP) is 2.34. The van der Waals surface area contributed by atoms with E-state index in [0.717, 1.165) is 12.1 Å². The fraction of sp³-hybridized carbons (Fsp3) is 0.400. The first-order valence-electron chi connectivity index (χ1n) is 6.89. The number of hydrogen-bond donors (Lipinski definition) is 2. The number of aliphatic hydroxyl groups excluding tert-OH is 1. The summed E-state index contributed by atoms with van der Waals surface area (Å²) < 4.78 is 0. The average molecular weight is 305 g/mol. The van der Waals surface area contributed by atoms with Gasteiger partial charge in [-0.2, -0.15) is 0 Å². The van der Waals surface area contributed by atoms with Crippen molar-refractivity contribution in [1.29, 1.82) is 0 Å². The molecule has 0 bridgehead atoms. The van der Waals surface area contributed by atoms with E-state index in [1.54, 1.807) is 12.4 Å². The Morgan fingerprint density at radius 3 is 2.81 bits per heavy atom. The molecule has 0 aliphatic heterocycles. The summed E-state index contributed by atoms with van der Waals surface area (Å²) >= 11 is 1.30. The van der Waals surface area contributed by atoms with Gasteiger partial charge in [0.05, 0.1) is 24.5 Å². The van der Waals surface area contributed by atoms with Crippen molar-refractivity contribution in [3.05, 3.63) is 35.5 Å². The summed E-state index contributed by atoms with van der Waals surface area (Å²) in [5.74, 6) is 0.211. The van der Waals surface area contributed by atoms with Crippen LogP contribution in [0.5, 0.6) is 0 Å². The molecule has 5 nitrogen and oxygen atoms in total. The Morgan fingerprint density at radius 1 is 1.38 bits per heavy atom. The summed E-state index contributed by atoms with van der Waals surface area (Å²) in [6.45, 7) is 4.05. The summed E-state index contributed by atoms with van der Waals surface area (Å²) in [7, 11) is 0. The van der Waals surface area contributed by atoms with Crippen molar-refractivity contribution in [1.82, 2.24) is 15.3 Å². The molecule has 0 fully saturated rings. The van der Waals surface area contributed by atoms with Gasteiger partial charge in [0.15, 0.2) is 0 Å². The predicted molar refractivity (Wildman–Crippen MR) is 83.1 cm³/mol. The van der Waals surface area contributed by atoms with E-state index >= 15 is 0 Å². The van der Waals surface area contributed by atoms with Crippen LogP contribution in [0.4, 0.5) is 0 Å². The Labute approximate surface area is 128 Å². The maximum atomic E-state index is 12.2. The summed E-state index contributed by atoms with van der Waals surface area (Å²) in [5, 5.41) is 12.9. The van der Waals surface area contributed by atoms with Gasteiger partial charge >= 0.3 is 0 Å². The lowest BCUT2D eigenvalue weighted by molar-refractivity contribution is 0.0912. The van der Waals surface area contributed by atoms with Crippen LogP contribution in [0.15, 0.2) is 30.6 Å². The number of carbonyl (C=O) groups is 1. The molecule has 2 aromatic heterocycles. The van der Waals surface area contributed by atoms with Gasteiger partial charge < -0.3 is 10.4 Å². The third-order valence-electron chi connectivity index (χ3n) is 2.93. The SMILES string of the molecule is CC(C)CC(CO)NC(=O)c1cnc(-c2ccccn2)s1. The first-order chi connectivity index (χ1) is 10.1. The zero-order valence-corrected chi connectivity index (χ0v) is 12.9. The standard InChI is InChI=1S/C15H19N3O2S/c1-10(2)7-11(9-19)18-14(20)13-8-17-15(21-13)12-5-3-4-6-16-12/h3-6,8,10-11,19H,7,9H2,1-2H3,(H,18,20). The van der Waals surface area contributed by atoms with Gasteiger partial charge in [0.1, 0.15) is 9.88 Å². The summed E-state index contributed by atoms with van der Waals surface area (Å²) in [5.41, 5.74) is 0.752. The van der Waals surface area contributed by atoms with E-state index in [9.17, 15) is 9.90 Å². The molecule has 2 heterocycles. The molecule has 0 aliphatic carbocycles. The quantitative estimate of drug-likeness (QED) is 0.859. The summed E-state index contributed by atoms with van der Waals surface area (Å²) in [6, 6.07) is 5.35. The highest BCUT2D eigenvalue weighted by molar-refractivity contribution is 7.16. The van der Waals surface area contributed by atoms with Gasteiger partial charge in [0.2, 0.25) is 0 Å². The number of aliphatic hydroxyl groups is 1. The van der Waals surface area contributed by atoms with Crippen LogP contribution >= 0.6 is 11.3 Å². The number of rotatable bonds is 6. The molecule has 1 atom stereocenters. The molecular formula is C15H19N3O2S. The zero-order valence-electron chi connectivity index (χ0n) is 12.1. The fourth-order valence-electron chi connectivity index (χ4n) is 1.99. The second-order valence-corrected chi connectivity index (χ2v) is 6.26. The number of hydrogen-bond acceptors (Lipinski definition) is 5. The van der Waals surface area contributed by atoms with Crippen molar-refractivity contribution in [2.75, 3.05) is 6.61 Å². The summed E-state index contributed by atoms with van der Waals surface area (Å²) in [6.07, 6.45) is 3.99. The van der Waals surface area contributed by atoms with Gasteiger partial charge in [-0.15, -0.1) is 11.3 Å². The monoisotopic (exact) mass is 305 g/mol. The van der Waals surface area contributed by atoms with E-state index in [2.05, 4.69) is 29.1 Å². The van der Waals surface area contributed by atoms with Gasteiger partial charge in [0.25, 0.3) is 5.91 Å². The van der Waals surface area contributed by atoms with Gasteiger partial charge in [-0.1, -0.05) is 19.9 Å². The number of nitrogens with zero attached hydrogens (tertiary/aromatic N) is 2. The molecule has 21 heavy (non-hydrogen) atoms. The normalized spacial score (nSPS) is 12.4. The van der Waals surface area contributed by atoms with Crippen molar-refractivity contribution >= 4 is 17.2 Å². The van der Waals surface area contributed by atoms with Crippen molar-refractivity contribution < 1.29 is 9.90 Å². The van der Waals surface area contributed by atoms with Crippen LogP contribution in [0.25, 0.3) is 10.7 Å². The number of amides is 1. The Morgan fingerprint density at radius 2 is 2.19 bits per heavy atom. The summed E-state index contributed by atoms with van der Waals surface area (Å²) in [4.78, 5) is 21.1. The van der Waals surface area contributed by atoms with Crippen LogP contribution in [0.1, 0.15) is 29.9 Å². The number of pyridine rings is 1. The third kappa shape index (κ3) is 4.34. The fourth-order valence-corrected chi connectivity index (χ4v) is 2.79. The van der Waals surface area contributed by atoms with Crippen LogP contribution in [-0.2, 0) is 0 Å². The minimum absolute atomic E-state index is 0.0597. The average Bonchev–Trinajstić information content (AvgIpc) is 2.97. The van der Waals surface area contributed by atoms with Crippen molar-refractivity contribution in [3.8, 4) is 10.7 Å². The lowest BCUT2D eigenvalue weighted by Crippen LogP contribution is -2.38. The number of thiazole rings is 1. The molecule has 0 saturated carbocycles. The molecular weight excluding hydrogens is 286 g/mol. The van der Waals surface area contributed by atoms with Gasteiger partial charge in [-0.25, -0.2) is 4.98 Å². The van der Waals surface area contributed by atoms with E-state index in [-0.39, 0.29) is 18.6 Å². The van der Waals surface area contributed by atoms with Gasteiger partial charge in [0, 0.05) is 6.20 Å². The molecule has 0 aromatic carbocycles. The second-order valence-electron chi connectivity index (χ2n) is 5.23. The number of nitrogens with one attached hydrogen (secondary N) is 1.